The Balaban J connectivity index is 1.92. The summed E-state index contributed by atoms with van der Waals surface area (Å²) >= 11 is 0. The average Bonchev–Trinajstić information content (AvgIpc) is 2.72. The van der Waals surface area contributed by atoms with E-state index in [4.69, 9.17) is 5.73 Å². The van der Waals surface area contributed by atoms with Crippen molar-refractivity contribution < 1.29 is 0 Å². The first kappa shape index (κ1) is 17.3. The molecule has 2 rings (SSSR count). The summed E-state index contributed by atoms with van der Waals surface area (Å²) in [7, 11) is 0. The molecule has 1 saturated heterocycles. The van der Waals surface area contributed by atoms with Gasteiger partial charge in [0.15, 0.2) is 0 Å². The van der Waals surface area contributed by atoms with Crippen LogP contribution in [-0.4, -0.2) is 30.1 Å². The molecule has 0 bridgehead atoms. The van der Waals surface area contributed by atoms with Crippen LogP contribution in [0.3, 0.4) is 0 Å². The first-order valence-electron chi connectivity index (χ1n) is 9.69. The number of hydrogen-bond acceptors (Lipinski definition) is 2. The second kappa shape index (κ2) is 8.53. The predicted octanol–water partition coefficient (Wildman–Crippen LogP) is 4.58. The second-order valence-corrected chi connectivity index (χ2v) is 7.73. The van der Waals surface area contributed by atoms with Crippen LogP contribution >= 0.6 is 0 Å². The molecule has 1 saturated carbocycles. The van der Waals surface area contributed by atoms with E-state index >= 15 is 0 Å². The van der Waals surface area contributed by atoms with Crippen LogP contribution in [0.1, 0.15) is 84.5 Å². The highest BCUT2D eigenvalue weighted by atomic mass is 15.2. The maximum atomic E-state index is 6.31. The fraction of sp³-hybridized carbons (Fsp3) is 1.00. The zero-order chi connectivity index (χ0) is 15.1. The third-order valence-corrected chi connectivity index (χ3v) is 6.33. The van der Waals surface area contributed by atoms with Crippen molar-refractivity contribution in [2.45, 2.75) is 90.0 Å². The van der Waals surface area contributed by atoms with Crippen molar-refractivity contribution in [1.29, 1.82) is 0 Å². The number of hydrogen-bond donors (Lipinski definition) is 1. The molecule has 2 nitrogen and oxygen atoms in total. The van der Waals surface area contributed by atoms with Gasteiger partial charge in [-0.15, -0.1) is 0 Å². The van der Waals surface area contributed by atoms with Crippen LogP contribution in [0.15, 0.2) is 0 Å². The zero-order valence-electron chi connectivity index (χ0n) is 14.6. The molecule has 2 heteroatoms. The molecule has 1 aliphatic carbocycles. The molecule has 2 atom stereocenters. The highest BCUT2D eigenvalue weighted by molar-refractivity contribution is 4.96. The summed E-state index contributed by atoms with van der Waals surface area (Å²) in [5.41, 5.74) is 6.66. The van der Waals surface area contributed by atoms with Gasteiger partial charge in [0, 0.05) is 12.1 Å². The molecule has 2 N–H and O–H groups in total. The van der Waals surface area contributed by atoms with E-state index < -0.39 is 0 Å². The molecule has 0 radical (unpaired) electrons. The lowest BCUT2D eigenvalue weighted by atomic mass is 9.83. The molecule has 2 unspecified atom stereocenters. The Morgan fingerprint density at radius 3 is 2.10 bits per heavy atom. The molecule has 0 spiro atoms. The predicted molar refractivity (Wildman–Crippen MR) is 92.5 cm³/mol. The normalized spacial score (nSPS) is 33.0. The van der Waals surface area contributed by atoms with Gasteiger partial charge in [0.05, 0.1) is 0 Å². The summed E-state index contributed by atoms with van der Waals surface area (Å²) < 4.78 is 0. The highest BCUT2D eigenvalue weighted by Gasteiger charge is 2.38. The van der Waals surface area contributed by atoms with Crippen LogP contribution < -0.4 is 5.73 Å². The Kier molecular flexibility index (Phi) is 7.01. The SMILES string of the molecule is CCCC1CCN(C2(CN)CCCC(CCC)CC2)CC1. The van der Waals surface area contributed by atoms with Crippen LogP contribution in [0.4, 0.5) is 0 Å². The lowest BCUT2D eigenvalue weighted by molar-refractivity contribution is 0.0404. The van der Waals surface area contributed by atoms with E-state index in [2.05, 4.69) is 18.7 Å². The minimum atomic E-state index is 0.347. The third kappa shape index (κ3) is 4.45. The molecule has 2 fully saturated rings. The van der Waals surface area contributed by atoms with Gasteiger partial charge >= 0.3 is 0 Å². The molecular weight excluding hydrogens is 256 g/mol. The van der Waals surface area contributed by atoms with Gasteiger partial charge in [-0.2, -0.15) is 0 Å². The Morgan fingerprint density at radius 1 is 0.905 bits per heavy atom. The molecule has 124 valence electrons. The highest BCUT2D eigenvalue weighted by Crippen LogP contribution is 2.38. The number of nitrogens with zero attached hydrogens (tertiary/aromatic N) is 1. The minimum absolute atomic E-state index is 0.347. The molecule has 0 aromatic rings. The van der Waals surface area contributed by atoms with Crippen molar-refractivity contribution in [3.63, 3.8) is 0 Å². The van der Waals surface area contributed by atoms with Crippen molar-refractivity contribution in [2.24, 2.45) is 17.6 Å². The average molecular weight is 295 g/mol. The summed E-state index contributed by atoms with van der Waals surface area (Å²) in [6.45, 7) is 8.15. The van der Waals surface area contributed by atoms with Crippen LogP contribution in [0.25, 0.3) is 0 Å². The van der Waals surface area contributed by atoms with Crippen molar-refractivity contribution >= 4 is 0 Å². The first-order valence-corrected chi connectivity index (χ1v) is 9.69. The van der Waals surface area contributed by atoms with Crippen LogP contribution in [0.2, 0.25) is 0 Å². The molecule has 1 heterocycles. The van der Waals surface area contributed by atoms with Gasteiger partial charge in [-0.05, 0) is 57.0 Å². The Labute approximate surface area is 132 Å². The van der Waals surface area contributed by atoms with E-state index in [1.165, 1.54) is 83.7 Å². The summed E-state index contributed by atoms with van der Waals surface area (Å²) in [6, 6.07) is 0. The molecule has 0 aromatic heterocycles. The van der Waals surface area contributed by atoms with Gasteiger partial charge in [0.1, 0.15) is 0 Å². The largest absolute Gasteiger partial charge is 0.329 e. The van der Waals surface area contributed by atoms with Gasteiger partial charge in [-0.3, -0.25) is 4.90 Å². The maximum absolute atomic E-state index is 6.31. The van der Waals surface area contributed by atoms with Gasteiger partial charge in [0.2, 0.25) is 0 Å². The zero-order valence-corrected chi connectivity index (χ0v) is 14.6. The van der Waals surface area contributed by atoms with Crippen LogP contribution in [-0.2, 0) is 0 Å². The Bertz CT molecular complexity index is 283. The third-order valence-electron chi connectivity index (χ3n) is 6.33. The number of piperidine rings is 1. The molecule has 1 aliphatic heterocycles. The van der Waals surface area contributed by atoms with Crippen molar-refractivity contribution in [3.8, 4) is 0 Å². The summed E-state index contributed by atoms with van der Waals surface area (Å²) in [6.07, 6.45) is 15.4. The van der Waals surface area contributed by atoms with Gasteiger partial charge in [-0.1, -0.05) is 52.4 Å². The fourth-order valence-electron chi connectivity index (χ4n) is 4.91. The molecule has 21 heavy (non-hydrogen) atoms. The standard InChI is InChI=1S/C19H38N2/c1-3-6-17-8-5-12-19(16-20,13-9-17)21-14-10-18(7-4-2)11-15-21/h17-18H,3-16,20H2,1-2H3. The number of rotatable bonds is 6. The van der Waals surface area contributed by atoms with E-state index in [9.17, 15) is 0 Å². The van der Waals surface area contributed by atoms with E-state index in [1.54, 1.807) is 0 Å². The molecular formula is C19H38N2. The van der Waals surface area contributed by atoms with Crippen molar-refractivity contribution in [2.75, 3.05) is 19.6 Å². The van der Waals surface area contributed by atoms with Crippen LogP contribution in [0.5, 0.6) is 0 Å². The van der Waals surface area contributed by atoms with E-state index in [1.807, 2.05) is 0 Å². The lowest BCUT2D eigenvalue weighted by Crippen LogP contribution is -2.56. The minimum Gasteiger partial charge on any atom is -0.329 e. The summed E-state index contributed by atoms with van der Waals surface area (Å²) in [5.74, 6) is 1.96. The second-order valence-electron chi connectivity index (χ2n) is 7.73. The fourth-order valence-corrected chi connectivity index (χ4v) is 4.91. The van der Waals surface area contributed by atoms with Gasteiger partial charge < -0.3 is 5.73 Å². The monoisotopic (exact) mass is 294 g/mol. The Morgan fingerprint density at radius 2 is 1.52 bits per heavy atom. The van der Waals surface area contributed by atoms with Crippen molar-refractivity contribution in [1.82, 2.24) is 4.90 Å². The maximum Gasteiger partial charge on any atom is 0.0331 e. The smallest absolute Gasteiger partial charge is 0.0331 e. The number of likely N-dealkylation sites (tertiary alicyclic amines) is 1. The van der Waals surface area contributed by atoms with Gasteiger partial charge in [-0.25, -0.2) is 0 Å². The summed E-state index contributed by atoms with van der Waals surface area (Å²) in [5, 5.41) is 0. The Hall–Kier alpha value is -0.0800. The van der Waals surface area contributed by atoms with E-state index in [0.717, 1.165) is 18.4 Å². The summed E-state index contributed by atoms with van der Waals surface area (Å²) in [4.78, 5) is 2.80. The van der Waals surface area contributed by atoms with E-state index in [-0.39, 0.29) is 0 Å². The molecule has 0 aromatic carbocycles. The van der Waals surface area contributed by atoms with Crippen LogP contribution in [0, 0.1) is 11.8 Å². The molecule has 0 amide bonds. The topological polar surface area (TPSA) is 29.3 Å². The quantitative estimate of drug-likeness (QED) is 0.727. The number of nitrogens with two attached hydrogens (primary N) is 1. The van der Waals surface area contributed by atoms with Crippen molar-refractivity contribution in [3.05, 3.63) is 0 Å². The molecule has 2 aliphatic rings. The van der Waals surface area contributed by atoms with Gasteiger partial charge in [0.25, 0.3) is 0 Å². The first-order chi connectivity index (χ1) is 10.2. The van der Waals surface area contributed by atoms with E-state index in [0.29, 0.717) is 5.54 Å². The lowest BCUT2D eigenvalue weighted by Gasteiger charge is -2.47.